The average molecular weight is 771 g/mol. The molecule has 2 aliphatic heterocycles. The maximum atomic E-state index is 10.8. The van der Waals surface area contributed by atoms with E-state index in [1.54, 1.807) is 0 Å². The Morgan fingerprint density at radius 1 is 0.579 bits per heavy atom. The number of ether oxygens (including phenoxy) is 2. The maximum Gasteiger partial charge on any atom is 0.307 e. The van der Waals surface area contributed by atoms with Crippen LogP contribution in [0.4, 0.5) is 0 Å². The summed E-state index contributed by atoms with van der Waals surface area (Å²) in [6, 6.07) is 31.8. The number of para-hydroxylation sites is 2. The Bertz CT molecular complexity index is 2190. The summed E-state index contributed by atoms with van der Waals surface area (Å²) in [5, 5.41) is 20.4. The fourth-order valence-corrected chi connectivity index (χ4v) is 8.37. The molecule has 2 aromatic heterocycles. The van der Waals surface area contributed by atoms with Gasteiger partial charge in [-0.2, -0.15) is 0 Å². The molecule has 4 N–H and O–H groups in total. The number of aromatic nitrogens is 2. The lowest BCUT2D eigenvalue weighted by Gasteiger charge is -2.31. The monoisotopic (exact) mass is 770 g/mol. The molecule has 0 spiro atoms. The molecule has 6 aromatic rings. The van der Waals surface area contributed by atoms with E-state index in [1.807, 2.05) is 48.5 Å². The highest BCUT2D eigenvalue weighted by Gasteiger charge is 2.24. The lowest BCUT2D eigenvalue weighted by molar-refractivity contribution is -0.137. The van der Waals surface area contributed by atoms with Crippen molar-refractivity contribution in [3.05, 3.63) is 132 Å². The van der Waals surface area contributed by atoms with Gasteiger partial charge in [-0.1, -0.05) is 60.7 Å². The molecule has 0 unspecified atom stereocenters. The second kappa shape index (κ2) is 19.5. The van der Waals surface area contributed by atoms with Crippen LogP contribution >= 0.6 is 0 Å². The summed E-state index contributed by atoms with van der Waals surface area (Å²) in [6.45, 7) is 7.68. The number of carbonyl (C=O) groups is 2. The molecule has 8 rings (SSSR count). The van der Waals surface area contributed by atoms with Crippen molar-refractivity contribution in [2.45, 2.75) is 56.8 Å². The third kappa shape index (κ3) is 11.1. The number of aliphatic carboxylic acids is 2. The van der Waals surface area contributed by atoms with Crippen molar-refractivity contribution >= 4 is 33.7 Å². The van der Waals surface area contributed by atoms with E-state index >= 15 is 0 Å². The van der Waals surface area contributed by atoms with Crippen molar-refractivity contribution in [2.75, 3.05) is 52.5 Å². The average Bonchev–Trinajstić information content (AvgIpc) is 3.86. The van der Waals surface area contributed by atoms with Crippen molar-refractivity contribution in [3.8, 4) is 11.5 Å². The smallest absolute Gasteiger partial charge is 0.307 e. The highest BCUT2D eigenvalue weighted by molar-refractivity contribution is 5.84. The number of piperidine rings is 2. The Morgan fingerprint density at radius 2 is 1.11 bits per heavy atom. The quantitative estimate of drug-likeness (QED) is 0.0766. The lowest BCUT2D eigenvalue weighted by atomic mass is 9.89. The second-order valence-electron chi connectivity index (χ2n) is 15.3. The number of carboxylic acids is 2. The molecule has 298 valence electrons. The molecule has 10 nitrogen and oxygen atoms in total. The Labute approximate surface area is 334 Å². The van der Waals surface area contributed by atoms with Gasteiger partial charge in [0.2, 0.25) is 0 Å². The first-order chi connectivity index (χ1) is 27.9. The number of nitrogens with one attached hydrogen (secondary N) is 2. The van der Waals surface area contributed by atoms with Gasteiger partial charge in [-0.15, -0.1) is 0 Å². The number of H-pyrrole nitrogens is 2. The van der Waals surface area contributed by atoms with E-state index < -0.39 is 11.9 Å². The van der Waals surface area contributed by atoms with Crippen LogP contribution < -0.4 is 9.47 Å². The van der Waals surface area contributed by atoms with Crippen molar-refractivity contribution in [3.63, 3.8) is 0 Å². The summed E-state index contributed by atoms with van der Waals surface area (Å²) in [5.74, 6) is 1.17. The Morgan fingerprint density at radius 3 is 1.68 bits per heavy atom. The number of benzene rings is 4. The predicted octanol–water partition coefficient (Wildman–Crippen LogP) is 8.50. The number of carboxylic acid groups (broad SMARTS) is 2. The topological polar surface area (TPSA) is 131 Å². The Kier molecular flexibility index (Phi) is 13.6. The Balaban J connectivity index is 0.000000174. The summed E-state index contributed by atoms with van der Waals surface area (Å²) in [4.78, 5) is 33.3. The molecule has 0 atom stereocenters. The second-order valence-corrected chi connectivity index (χ2v) is 15.3. The van der Waals surface area contributed by atoms with E-state index in [4.69, 9.17) is 19.7 Å². The highest BCUT2D eigenvalue weighted by atomic mass is 16.5. The molecule has 2 saturated heterocycles. The molecule has 4 aromatic carbocycles. The van der Waals surface area contributed by atoms with Crippen LogP contribution in [0.1, 0.15) is 66.2 Å². The molecular formula is C47H54N4O6. The van der Waals surface area contributed by atoms with Gasteiger partial charge in [0.1, 0.15) is 18.1 Å². The summed E-state index contributed by atoms with van der Waals surface area (Å²) in [7, 11) is 0. The van der Waals surface area contributed by atoms with E-state index in [0.29, 0.717) is 25.0 Å². The summed E-state index contributed by atoms with van der Waals surface area (Å²) >= 11 is 0. The SMILES string of the molecule is O=C(O)Cc1ccc(OCCN2CCC(c3c[nH]c4ccccc34)CC2)cc1.O=C(O)Cc1cccc(OCCCN2CCC(c3c[nH]c4ccccc34)CC2)c1. The first-order valence-corrected chi connectivity index (χ1v) is 20.3. The van der Waals surface area contributed by atoms with Crippen molar-refractivity contribution in [2.24, 2.45) is 0 Å². The molecule has 0 saturated carbocycles. The number of hydrogen-bond donors (Lipinski definition) is 4. The van der Waals surface area contributed by atoms with Crippen LogP contribution in [-0.4, -0.2) is 94.4 Å². The van der Waals surface area contributed by atoms with Crippen LogP contribution in [-0.2, 0) is 22.4 Å². The molecular weight excluding hydrogens is 717 g/mol. The number of nitrogens with zero attached hydrogens (tertiary/aromatic N) is 2. The first-order valence-electron chi connectivity index (χ1n) is 20.3. The van der Waals surface area contributed by atoms with Gasteiger partial charge in [-0.25, -0.2) is 0 Å². The van der Waals surface area contributed by atoms with Crippen LogP contribution in [0.25, 0.3) is 21.8 Å². The fraction of sp³-hybridized carbons (Fsp3) is 0.362. The van der Waals surface area contributed by atoms with Gasteiger partial charge in [-0.3, -0.25) is 14.5 Å². The van der Waals surface area contributed by atoms with Crippen LogP contribution in [0.15, 0.2) is 109 Å². The van der Waals surface area contributed by atoms with Gasteiger partial charge in [0.25, 0.3) is 0 Å². The molecule has 57 heavy (non-hydrogen) atoms. The number of hydrogen-bond acceptors (Lipinski definition) is 6. The fourth-order valence-electron chi connectivity index (χ4n) is 8.37. The molecule has 2 aliphatic rings. The van der Waals surface area contributed by atoms with Gasteiger partial charge in [0.05, 0.1) is 19.4 Å². The number of aromatic amines is 2. The van der Waals surface area contributed by atoms with E-state index in [0.717, 1.165) is 68.3 Å². The largest absolute Gasteiger partial charge is 0.494 e. The van der Waals surface area contributed by atoms with Crippen LogP contribution in [0, 0.1) is 0 Å². The number of rotatable bonds is 15. The Hall–Kier alpha value is -5.58. The number of likely N-dealkylation sites (tertiary alicyclic amines) is 2. The minimum atomic E-state index is -0.821. The van der Waals surface area contributed by atoms with E-state index in [9.17, 15) is 9.59 Å². The van der Waals surface area contributed by atoms with Crippen LogP contribution in [0.3, 0.4) is 0 Å². The molecule has 10 heteroatoms. The lowest BCUT2D eigenvalue weighted by Crippen LogP contribution is -2.35. The molecule has 0 bridgehead atoms. The third-order valence-corrected chi connectivity index (χ3v) is 11.4. The van der Waals surface area contributed by atoms with Gasteiger partial charge in [0, 0.05) is 47.3 Å². The van der Waals surface area contributed by atoms with Gasteiger partial charge in [0.15, 0.2) is 0 Å². The van der Waals surface area contributed by atoms with Gasteiger partial charge in [-0.05, 0) is 129 Å². The minimum absolute atomic E-state index is 0.0303. The minimum Gasteiger partial charge on any atom is -0.494 e. The van der Waals surface area contributed by atoms with Crippen molar-refractivity contribution < 1.29 is 29.3 Å². The predicted molar refractivity (Wildman–Crippen MR) is 225 cm³/mol. The maximum absolute atomic E-state index is 10.8. The zero-order chi connectivity index (χ0) is 39.4. The van der Waals surface area contributed by atoms with E-state index in [1.165, 1.54) is 58.6 Å². The standard InChI is InChI=1S/C24H28N2O3.C23H26N2O3/c27-24(28)16-18-5-3-6-20(15-18)29-14-4-11-26-12-9-19(10-13-26)22-17-25-23-8-2-1-7-21(22)23;26-23(27)15-17-5-7-19(8-6-17)28-14-13-25-11-9-18(10-12-25)21-16-24-22-4-2-1-3-20(21)22/h1-3,5-8,15,17,19,25H,4,9-14,16H2,(H,27,28);1-8,16,18,24H,9-15H2,(H,26,27). The van der Waals surface area contributed by atoms with Crippen LogP contribution in [0.2, 0.25) is 0 Å². The van der Waals surface area contributed by atoms with Crippen LogP contribution in [0.5, 0.6) is 11.5 Å². The van der Waals surface area contributed by atoms with Crippen molar-refractivity contribution in [1.82, 2.24) is 19.8 Å². The van der Waals surface area contributed by atoms with Crippen molar-refractivity contribution in [1.29, 1.82) is 0 Å². The molecule has 2 fully saturated rings. The number of fused-ring (bicyclic) bond motifs is 2. The highest BCUT2D eigenvalue weighted by Crippen LogP contribution is 2.34. The van der Waals surface area contributed by atoms with Gasteiger partial charge >= 0.3 is 11.9 Å². The summed E-state index contributed by atoms with van der Waals surface area (Å²) in [5.41, 5.74) is 6.93. The zero-order valence-corrected chi connectivity index (χ0v) is 32.6. The molecule has 4 heterocycles. The zero-order valence-electron chi connectivity index (χ0n) is 32.6. The molecule has 0 aliphatic carbocycles. The van der Waals surface area contributed by atoms with Gasteiger partial charge < -0.3 is 34.6 Å². The third-order valence-electron chi connectivity index (χ3n) is 11.4. The normalized spacial score (nSPS) is 15.6. The van der Waals surface area contributed by atoms with E-state index in [-0.39, 0.29) is 12.8 Å². The summed E-state index contributed by atoms with van der Waals surface area (Å²) < 4.78 is 11.7. The first kappa shape index (κ1) is 39.6. The van der Waals surface area contributed by atoms with E-state index in [2.05, 4.69) is 80.7 Å². The molecule has 0 radical (unpaired) electrons. The molecule has 0 amide bonds. The summed E-state index contributed by atoms with van der Waals surface area (Å²) in [6.07, 6.45) is 10.2.